The third-order valence-corrected chi connectivity index (χ3v) is 4.45. The molecule has 4 rings (SSSR count). The molecule has 3 aromatic rings. The Kier molecular flexibility index (Phi) is 5.18. The molecule has 0 atom stereocenters. The van der Waals surface area contributed by atoms with Crippen LogP contribution in [0.15, 0.2) is 42.5 Å². The molecule has 0 aliphatic heterocycles. The van der Waals surface area contributed by atoms with Gasteiger partial charge < -0.3 is 11.5 Å². The van der Waals surface area contributed by atoms with Crippen molar-refractivity contribution in [2.24, 2.45) is 5.73 Å². The van der Waals surface area contributed by atoms with Crippen LogP contribution < -0.4 is 16.8 Å². The number of hydrogen-bond donors (Lipinski definition) is 2. The number of aryl methyl sites for hydroxylation is 1. The molecule has 0 spiro atoms. The fourth-order valence-electron chi connectivity index (χ4n) is 3.27. The number of nitrogens with two attached hydrogens (primary N) is 2. The maximum Gasteiger partial charge on any atom is 0.170 e. The number of hydrogen-bond acceptors (Lipinski definition) is 5. The molecule has 4 N–H and O–H groups in total. The molecule has 27 heavy (non-hydrogen) atoms. The summed E-state index contributed by atoms with van der Waals surface area (Å²) in [5.41, 5.74) is 15.5. The molecule has 0 saturated carbocycles. The van der Waals surface area contributed by atoms with Crippen molar-refractivity contribution in [2.45, 2.75) is 12.8 Å². The Balaban J connectivity index is 0.00000102. The molecule has 1 aliphatic carbocycles. The van der Waals surface area contributed by atoms with Gasteiger partial charge in [-0.25, -0.2) is 4.68 Å². The fourth-order valence-corrected chi connectivity index (χ4v) is 3.27. The molecule has 1 aromatic heterocycles. The molecule has 0 radical (unpaired) electrons. The maximum absolute atomic E-state index is 12.6. The summed E-state index contributed by atoms with van der Waals surface area (Å²) in [5, 5.41) is 3.44. The van der Waals surface area contributed by atoms with Crippen LogP contribution in [0, 0.1) is 0 Å². The van der Waals surface area contributed by atoms with Crippen molar-refractivity contribution in [1.82, 2.24) is 9.78 Å². The van der Waals surface area contributed by atoms with E-state index in [1.807, 2.05) is 18.2 Å². The highest BCUT2D eigenvalue weighted by Gasteiger charge is 2.26. The van der Waals surface area contributed by atoms with Crippen molar-refractivity contribution in [3.63, 3.8) is 0 Å². The Labute approximate surface area is 154 Å². The highest BCUT2D eigenvalue weighted by atomic mass is 19.4. The Morgan fingerprint density at radius 2 is 1.81 bits per heavy atom. The molecule has 1 aliphatic rings. The van der Waals surface area contributed by atoms with Crippen molar-refractivity contribution in [1.29, 1.82) is 0 Å². The van der Waals surface area contributed by atoms with E-state index in [0.29, 0.717) is 23.5 Å². The zero-order valence-electron chi connectivity index (χ0n) is 14.7. The standard InChI is InChI=1S/C18H14F2N4O.CH5N/c19-24(20)14-6-4-13(5-7-14)23-18-15(17(10-25)22-23)8-2-11-1-3-12(21)9-16(11)18;1-2/h1,3-7,9-10H,2,8,21H2;2H2,1H3. The summed E-state index contributed by atoms with van der Waals surface area (Å²) in [6, 6.07) is 11.4. The number of carbonyl (C=O) groups is 1. The molecule has 1 heterocycles. The van der Waals surface area contributed by atoms with Crippen LogP contribution in [-0.2, 0) is 12.8 Å². The first-order valence-electron chi connectivity index (χ1n) is 8.34. The third-order valence-electron chi connectivity index (χ3n) is 4.45. The minimum absolute atomic E-state index is 0.218. The van der Waals surface area contributed by atoms with Crippen LogP contribution >= 0.6 is 0 Å². The normalized spacial score (nSPS) is 11.7. The lowest BCUT2D eigenvalue weighted by molar-refractivity contribution is 0.111. The summed E-state index contributed by atoms with van der Waals surface area (Å²) in [6.07, 6.45) is 2.22. The molecule has 0 amide bonds. The first-order valence-corrected chi connectivity index (χ1v) is 8.34. The average molecular weight is 371 g/mol. The molecule has 2 aromatic carbocycles. The van der Waals surface area contributed by atoms with E-state index in [9.17, 15) is 13.8 Å². The number of anilines is 2. The van der Waals surface area contributed by atoms with Gasteiger partial charge in [0.2, 0.25) is 0 Å². The van der Waals surface area contributed by atoms with Crippen LogP contribution in [-0.4, -0.2) is 23.1 Å². The van der Waals surface area contributed by atoms with Gasteiger partial charge in [-0.05, 0) is 67.2 Å². The second-order valence-electron chi connectivity index (χ2n) is 5.91. The second-order valence-corrected chi connectivity index (χ2v) is 5.91. The SMILES string of the molecule is CN.Nc1ccc2c(c1)-c1c(c(C=O)nn1-c1ccc(N(F)F)cc1)CC2. The predicted octanol–water partition coefficient (Wildman–Crippen LogP) is 3.18. The zero-order valence-corrected chi connectivity index (χ0v) is 14.7. The topological polar surface area (TPSA) is 90.2 Å². The van der Waals surface area contributed by atoms with Gasteiger partial charge in [-0.2, -0.15) is 5.10 Å². The number of rotatable bonds is 3. The number of fused-ring (bicyclic) bond motifs is 3. The van der Waals surface area contributed by atoms with E-state index >= 15 is 0 Å². The van der Waals surface area contributed by atoms with Crippen molar-refractivity contribution in [3.8, 4) is 16.9 Å². The van der Waals surface area contributed by atoms with Crippen LogP contribution in [0.4, 0.5) is 20.3 Å². The maximum atomic E-state index is 12.6. The van der Waals surface area contributed by atoms with Gasteiger partial charge in [-0.1, -0.05) is 15.0 Å². The highest BCUT2D eigenvalue weighted by molar-refractivity contribution is 5.83. The largest absolute Gasteiger partial charge is 0.399 e. The van der Waals surface area contributed by atoms with Gasteiger partial charge in [0.25, 0.3) is 0 Å². The smallest absolute Gasteiger partial charge is 0.170 e. The molecule has 0 saturated heterocycles. The Bertz CT molecular complexity index is 967. The summed E-state index contributed by atoms with van der Waals surface area (Å²) in [4.78, 5) is 11.4. The lowest BCUT2D eigenvalue weighted by atomic mass is 9.88. The second kappa shape index (κ2) is 7.55. The number of carbonyl (C=O) groups excluding carboxylic acids is 1. The van der Waals surface area contributed by atoms with E-state index in [4.69, 9.17) is 5.73 Å². The van der Waals surface area contributed by atoms with Crippen LogP contribution in [0.3, 0.4) is 0 Å². The summed E-state index contributed by atoms with van der Waals surface area (Å²) < 4.78 is 26.9. The Morgan fingerprint density at radius 1 is 1.11 bits per heavy atom. The molecule has 8 heteroatoms. The first kappa shape index (κ1) is 18.5. The summed E-state index contributed by atoms with van der Waals surface area (Å²) in [7, 11) is 1.50. The van der Waals surface area contributed by atoms with Gasteiger partial charge in [0, 0.05) is 16.8 Å². The number of nitrogen functional groups attached to an aromatic ring is 1. The van der Waals surface area contributed by atoms with Crippen molar-refractivity contribution in [3.05, 3.63) is 59.3 Å². The first-order chi connectivity index (χ1) is 13.1. The molecule has 6 nitrogen and oxygen atoms in total. The van der Waals surface area contributed by atoms with Gasteiger partial charge in [0.1, 0.15) is 11.4 Å². The number of aldehydes is 1. The van der Waals surface area contributed by atoms with Crippen molar-refractivity contribution >= 4 is 17.7 Å². The fraction of sp³-hybridized carbons (Fsp3) is 0.158. The summed E-state index contributed by atoms with van der Waals surface area (Å²) in [5.74, 6) is 0. The number of benzene rings is 2. The number of halogens is 2. The van der Waals surface area contributed by atoms with Crippen molar-refractivity contribution in [2.75, 3.05) is 18.1 Å². The van der Waals surface area contributed by atoms with E-state index in [2.05, 4.69) is 10.8 Å². The zero-order chi connectivity index (χ0) is 19.6. The van der Waals surface area contributed by atoms with E-state index < -0.39 is 5.34 Å². The van der Waals surface area contributed by atoms with Crippen LogP contribution in [0.5, 0.6) is 0 Å². The molecule has 0 bridgehead atoms. The predicted molar refractivity (Wildman–Crippen MR) is 101 cm³/mol. The van der Waals surface area contributed by atoms with Crippen LogP contribution in [0.2, 0.25) is 0 Å². The average Bonchev–Trinajstić information content (AvgIpc) is 3.09. The van der Waals surface area contributed by atoms with E-state index in [1.54, 1.807) is 16.8 Å². The quantitative estimate of drug-likeness (QED) is 0.419. The Hall–Kier alpha value is -3.26. The van der Waals surface area contributed by atoms with E-state index in [-0.39, 0.29) is 5.69 Å². The van der Waals surface area contributed by atoms with Gasteiger partial charge in [-0.3, -0.25) is 4.79 Å². The molecule has 0 fully saturated rings. The van der Waals surface area contributed by atoms with Gasteiger partial charge in [-0.15, -0.1) is 0 Å². The molecule has 0 unspecified atom stereocenters. The number of aromatic nitrogens is 2. The van der Waals surface area contributed by atoms with Crippen LogP contribution in [0.25, 0.3) is 16.9 Å². The lowest BCUT2D eigenvalue weighted by Crippen LogP contribution is -2.08. The molecule has 140 valence electrons. The van der Waals surface area contributed by atoms with E-state index in [1.165, 1.54) is 19.2 Å². The van der Waals surface area contributed by atoms with E-state index in [0.717, 1.165) is 35.1 Å². The highest BCUT2D eigenvalue weighted by Crippen LogP contribution is 2.37. The van der Waals surface area contributed by atoms with Gasteiger partial charge in [0.05, 0.1) is 11.4 Å². The Morgan fingerprint density at radius 3 is 2.44 bits per heavy atom. The monoisotopic (exact) mass is 371 g/mol. The van der Waals surface area contributed by atoms with Crippen LogP contribution in [0.1, 0.15) is 21.6 Å². The summed E-state index contributed by atoms with van der Waals surface area (Å²) >= 11 is 0. The minimum Gasteiger partial charge on any atom is -0.399 e. The van der Waals surface area contributed by atoms with Gasteiger partial charge in [0.15, 0.2) is 6.29 Å². The number of nitrogens with zero attached hydrogens (tertiary/aromatic N) is 3. The molecular formula is C19H19F2N5O. The lowest BCUT2D eigenvalue weighted by Gasteiger charge is -2.19. The third kappa shape index (κ3) is 3.26. The summed E-state index contributed by atoms with van der Waals surface area (Å²) in [6.45, 7) is 0. The minimum atomic E-state index is -0.949. The van der Waals surface area contributed by atoms with Gasteiger partial charge >= 0.3 is 0 Å². The van der Waals surface area contributed by atoms with Crippen molar-refractivity contribution < 1.29 is 13.8 Å². The molecular weight excluding hydrogens is 352 g/mol.